The van der Waals surface area contributed by atoms with Crippen LogP contribution in [-0.2, 0) is 12.4 Å². The zero-order valence-electron chi connectivity index (χ0n) is 26.3. The van der Waals surface area contributed by atoms with Crippen LogP contribution in [0.3, 0.4) is 0 Å². The molecule has 0 amide bonds. The Balaban J connectivity index is 2.13. The van der Waals surface area contributed by atoms with E-state index in [1.165, 1.54) is 6.07 Å². The summed E-state index contributed by atoms with van der Waals surface area (Å²) in [6, 6.07) is 14.0. The standard InChI is InChI=1S/C38H12F6N8/c1-17-6-18(2)8-19(7-17)29-35(27(16-49)51-4)32-25(14-47)31-30(24(13-46)33(32)36(29)52-5)23(12-45)28(34(31)26(15-48)50-3)20-9-21(37(39,40)41)11-22(10-20)38(42,43)44/h6-11H,1-2H3/b34-26-,35-27?. The third-order valence-electron chi connectivity index (χ3n) is 8.22. The van der Waals surface area contributed by atoms with Crippen molar-refractivity contribution in [3.05, 3.63) is 149 Å². The first-order valence-electron chi connectivity index (χ1n) is 14.3. The van der Waals surface area contributed by atoms with Crippen LogP contribution >= 0.6 is 0 Å². The molecule has 0 radical (unpaired) electrons. The Morgan fingerprint density at radius 2 is 1.02 bits per heavy atom. The Labute approximate surface area is 291 Å². The summed E-state index contributed by atoms with van der Waals surface area (Å²) in [7, 11) is 0. The third kappa shape index (κ3) is 5.28. The van der Waals surface area contributed by atoms with E-state index in [9.17, 15) is 52.7 Å². The molecule has 0 spiro atoms. The fourth-order valence-corrected chi connectivity index (χ4v) is 6.46. The number of nitriles is 5. The van der Waals surface area contributed by atoms with Crippen molar-refractivity contribution in [1.82, 2.24) is 0 Å². The van der Waals surface area contributed by atoms with Crippen molar-refractivity contribution in [1.29, 1.82) is 26.3 Å². The zero-order chi connectivity index (χ0) is 38.4. The van der Waals surface area contributed by atoms with Crippen molar-refractivity contribution in [2.24, 2.45) is 0 Å². The topological polar surface area (TPSA) is 132 Å². The highest BCUT2D eigenvalue weighted by molar-refractivity contribution is 6.31. The summed E-state index contributed by atoms with van der Waals surface area (Å²) in [6.07, 6.45) is -10.7. The van der Waals surface area contributed by atoms with E-state index in [0.29, 0.717) is 16.7 Å². The third-order valence-corrected chi connectivity index (χ3v) is 8.22. The van der Waals surface area contributed by atoms with Gasteiger partial charge < -0.3 is 0 Å². The lowest BCUT2D eigenvalue weighted by molar-refractivity contribution is -0.143. The molecule has 0 N–H and O–H groups in total. The van der Waals surface area contributed by atoms with Gasteiger partial charge in [-0.3, -0.25) is 0 Å². The molecule has 246 valence electrons. The van der Waals surface area contributed by atoms with Gasteiger partial charge in [-0.05, 0) is 65.5 Å². The van der Waals surface area contributed by atoms with Crippen LogP contribution in [-0.4, -0.2) is 0 Å². The van der Waals surface area contributed by atoms with Crippen LogP contribution in [0.25, 0.3) is 48.1 Å². The number of nitrogens with zero attached hydrogens (tertiary/aromatic N) is 8. The average molecular weight is 695 g/mol. The lowest BCUT2D eigenvalue weighted by Gasteiger charge is -2.18. The van der Waals surface area contributed by atoms with Gasteiger partial charge in [-0.2, -0.15) is 42.1 Å². The number of alkyl halides is 6. The van der Waals surface area contributed by atoms with Gasteiger partial charge in [0.15, 0.2) is 0 Å². The summed E-state index contributed by atoms with van der Waals surface area (Å²) in [6.45, 7) is 27.1. The number of aryl methyl sites for hydroxylation is 2. The molecule has 0 aromatic heterocycles. The summed E-state index contributed by atoms with van der Waals surface area (Å²) in [4.78, 5) is 10.0. The Kier molecular flexibility index (Phi) is 8.54. The van der Waals surface area contributed by atoms with Crippen molar-refractivity contribution in [3.63, 3.8) is 0 Å². The molecule has 14 heteroatoms. The van der Waals surface area contributed by atoms with Gasteiger partial charge in [0.2, 0.25) is 5.70 Å². The smallest absolute Gasteiger partial charge is 0.237 e. The van der Waals surface area contributed by atoms with Crippen molar-refractivity contribution in [2.45, 2.75) is 26.2 Å². The van der Waals surface area contributed by atoms with E-state index in [0.717, 1.165) is 0 Å². The summed E-state index contributed by atoms with van der Waals surface area (Å²) < 4.78 is 84.0. The van der Waals surface area contributed by atoms with E-state index in [2.05, 4.69) is 14.5 Å². The van der Waals surface area contributed by atoms with E-state index in [1.54, 1.807) is 44.2 Å². The predicted octanol–water partition coefficient (Wildman–Crippen LogP) is 9.64. The zero-order valence-corrected chi connectivity index (χ0v) is 26.3. The van der Waals surface area contributed by atoms with E-state index in [1.807, 2.05) is 12.1 Å². The second kappa shape index (κ2) is 12.5. The van der Waals surface area contributed by atoms with Gasteiger partial charge in [0.25, 0.3) is 11.4 Å². The summed E-state index contributed by atoms with van der Waals surface area (Å²) in [5.41, 5.74) is -10.3. The van der Waals surface area contributed by atoms with Gasteiger partial charge in [-0.1, -0.05) is 29.3 Å². The molecule has 0 fully saturated rings. The van der Waals surface area contributed by atoms with Gasteiger partial charge in [-0.15, -0.1) is 0 Å². The molecule has 0 bridgehead atoms. The van der Waals surface area contributed by atoms with Crippen LogP contribution in [0.15, 0.2) is 47.8 Å². The minimum Gasteiger partial charge on any atom is -0.237 e. The number of halogens is 6. The van der Waals surface area contributed by atoms with E-state index in [4.69, 9.17) is 19.7 Å². The maximum atomic E-state index is 14.0. The minimum atomic E-state index is -5.35. The molecule has 0 heterocycles. The van der Waals surface area contributed by atoms with Crippen LogP contribution in [0.1, 0.15) is 66.8 Å². The van der Waals surface area contributed by atoms with Gasteiger partial charge in [0.1, 0.15) is 12.1 Å². The fourth-order valence-electron chi connectivity index (χ4n) is 6.46. The number of allylic oxidation sites excluding steroid dienone is 7. The van der Waals surface area contributed by atoms with Crippen molar-refractivity contribution in [2.75, 3.05) is 0 Å². The molecule has 0 aliphatic heterocycles. The second-order valence-electron chi connectivity index (χ2n) is 11.2. The Bertz CT molecular complexity index is 2610. The normalized spacial score (nSPS) is 15.1. The first kappa shape index (κ1) is 35.4. The van der Waals surface area contributed by atoms with Crippen LogP contribution in [0.4, 0.5) is 26.3 Å². The number of hydrogen-bond acceptors (Lipinski definition) is 5. The Morgan fingerprint density at radius 3 is 1.42 bits per heavy atom. The molecule has 2 aliphatic rings. The molecule has 3 aromatic rings. The quantitative estimate of drug-likeness (QED) is 0.150. The largest absolute Gasteiger partial charge is 0.416 e. The highest BCUT2D eigenvalue weighted by Gasteiger charge is 2.44. The van der Waals surface area contributed by atoms with Crippen LogP contribution in [0, 0.1) is 90.2 Å². The fraction of sp³-hybridized carbons (Fsp3) is 0.105. The number of hydrogen-bond donors (Lipinski definition) is 0. The maximum absolute atomic E-state index is 14.0. The lowest BCUT2D eigenvalue weighted by Crippen LogP contribution is -2.12. The first-order chi connectivity index (χ1) is 24.6. The molecule has 5 rings (SSSR count). The Hall–Kier alpha value is -7.88. The predicted molar refractivity (Wildman–Crippen MR) is 172 cm³/mol. The van der Waals surface area contributed by atoms with Gasteiger partial charge in [0, 0.05) is 22.3 Å². The van der Waals surface area contributed by atoms with Crippen molar-refractivity contribution in [3.8, 4) is 30.3 Å². The molecular formula is C38H12F6N8. The first-order valence-corrected chi connectivity index (χ1v) is 14.3. The summed E-state index contributed by atoms with van der Waals surface area (Å²) in [5, 5.41) is 52.1. The molecular weight excluding hydrogens is 682 g/mol. The van der Waals surface area contributed by atoms with Crippen LogP contribution in [0.2, 0.25) is 0 Å². The molecule has 0 unspecified atom stereocenters. The summed E-state index contributed by atoms with van der Waals surface area (Å²) >= 11 is 0. The summed E-state index contributed by atoms with van der Waals surface area (Å²) in [5.74, 6) is 0. The molecule has 3 aromatic carbocycles. The molecule has 0 atom stereocenters. The Morgan fingerprint density at radius 1 is 0.577 bits per heavy atom. The minimum absolute atomic E-state index is 0.0346. The van der Waals surface area contributed by atoms with Gasteiger partial charge in [0.05, 0.1) is 65.8 Å². The van der Waals surface area contributed by atoms with E-state index in [-0.39, 0.29) is 46.2 Å². The molecule has 0 saturated heterocycles. The second-order valence-corrected chi connectivity index (χ2v) is 11.2. The molecule has 52 heavy (non-hydrogen) atoms. The SMILES string of the molecule is [C-]#[N+]C(C#N)=C1C(c2cc(C)cc(C)c2)=C([N+]#[C-])c2c(C#N)c3c(c(C#N)c21)/C(=C(/C#N)[N+]#[C-])C(c1cc(C(F)(F)F)cc(C(F)(F)F)c1)=C3C#N. The highest BCUT2D eigenvalue weighted by Crippen LogP contribution is 2.59. The lowest BCUT2D eigenvalue weighted by atomic mass is 9.83. The molecule has 0 saturated carbocycles. The average Bonchev–Trinajstić information content (AvgIpc) is 3.61. The van der Waals surface area contributed by atoms with Crippen LogP contribution in [0.5, 0.6) is 0 Å². The van der Waals surface area contributed by atoms with E-state index >= 15 is 0 Å². The maximum Gasteiger partial charge on any atom is 0.416 e. The van der Waals surface area contributed by atoms with Gasteiger partial charge in [-0.25, -0.2) is 25.1 Å². The van der Waals surface area contributed by atoms with Crippen LogP contribution < -0.4 is 0 Å². The monoisotopic (exact) mass is 694 g/mol. The highest BCUT2D eigenvalue weighted by atomic mass is 19.4. The number of benzene rings is 3. The van der Waals surface area contributed by atoms with Crippen molar-refractivity contribution < 1.29 is 26.3 Å². The molecule has 2 aliphatic carbocycles. The number of fused-ring (bicyclic) bond motifs is 2. The number of rotatable bonds is 2. The van der Waals surface area contributed by atoms with E-state index < -0.39 is 79.4 Å². The van der Waals surface area contributed by atoms with Crippen molar-refractivity contribution >= 4 is 33.6 Å². The van der Waals surface area contributed by atoms with Gasteiger partial charge >= 0.3 is 12.4 Å². The molecule has 8 nitrogen and oxygen atoms in total.